The summed E-state index contributed by atoms with van der Waals surface area (Å²) in [6.07, 6.45) is 0.746. The second kappa shape index (κ2) is 5.21. The molecule has 0 unspecified atom stereocenters. The maximum Gasteiger partial charge on any atom is 0.162 e. The standard InChI is InChI=1S/C16H25O2/c1-8-12-9-10-13(17-15(2,3)4)14(11-12)18-16(5,6)7/h9-11H,1,8H2,2-7H3. The van der Waals surface area contributed by atoms with Crippen LogP contribution in [0.4, 0.5) is 0 Å². The maximum absolute atomic E-state index is 5.97. The van der Waals surface area contributed by atoms with Gasteiger partial charge in [0.2, 0.25) is 0 Å². The minimum absolute atomic E-state index is 0.234. The smallest absolute Gasteiger partial charge is 0.162 e. The van der Waals surface area contributed by atoms with E-state index in [1.54, 1.807) is 0 Å². The van der Waals surface area contributed by atoms with E-state index < -0.39 is 0 Å². The molecule has 101 valence electrons. The summed E-state index contributed by atoms with van der Waals surface area (Å²) in [5, 5.41) is 0. The maximum atomic E-state index is 5.97. The fourth-order valence-corrected chi connectivity index (χ4v) is 1.53. The molecule has 0 amide bonds. The lowest BCUT2D eigenvalue weighted by molar-refractivity contribution is 0.0957. The molecule has 18 heavy (non-hydrogen) atoms. The molecule has 0 aliphatic rings. The molecule has 1 radical (unpaired) electrons. The van der Waals surface area contributed by atoms with Crippen LogP contribution in [0, 0.1) is 6.92 Å². The predicted octanol–water partition coefficient (Wildman–Crippen LogP) is 4.42. The number of hydrogen-bond donors (Lipinski definition) is 0. The third-order valence-electron chi connectivity index (χ3n) is 2.13. The van der Waals surface area contributed by atoms with Crippen LogP contribution in [-0.2, 0) is 6.42 Å². The fraction of sp³-hybridized carbons (Fsp3) is 0.562. The van der Waals surface area contributed by atoms with E-state index in [9.17, 15) is 0 Å². The molecular weight excluding hydrogens is 224 g/mol. The van der Waals surface area contributed by atoms with Gasteiger partial charge < -0.3 is 9.47 Å². The summed E-state index contributed by atoms with van der Waals surface area (Å²) < 4.78 is 11.9. The van der Waals surface area contributed by atoms with E-state index in [4.69, 9.17) is 9.47 Å². The van der Waals surface area contributed by atoms with E-state index in [1.807, 2.05) is 59.7 Å². The zero-order valence-electron chi connectivity index (χ0n) is 12.5. The van der Waals surface area contributed by atoms with Crippen LogP contribution in [-0.4, -0.2) is 11.2 Å². The van der Waals surface area contributed by atoms with E-state index in [0.29, 0.717) is 0 Å². The molecule has 0 fully saturated rings. The Morgan fingerprint density at radius 2 is 1.39 bits per heavy atom. The third kappa shape index (κ3) is 4.99. The van der Waals surface area contributed by atoms with E-state index in [2.05, 4.69) is 6.92 Å². The monoisotopic (exact) mass is 249 g/mol. The molecule has 0 aliphatic heterocycles. The summed E-state index contributed by atoms with van der Waals surface area (Å²) in [5.74, 6) is 1.58. The van der Waals surface area contributed by atoms with Crippen LogP contribution < -0.4 is 9.47 Å². The fourth-order valence-electron chi connectivity index (χ4n) is 1.53. The Kier molecular flexibility index (Phi) is 4.31. The van der Waals surface area contributed by atoms with E-state index in [-0.39, 0.29) is 11.2 Å². The molecule has 0 atom stereocenters. The lowest BCUT2D eigenvalue weighted by atomic mass is 10.1. The molecule has 2 nitrogen and oxygen atoms in total. The van der Waals surface area contributed by atoms with Crippen molar-refractivity contribution in [3.63, 3.8) is 0 Å². The predicted molar refractivity (Wildman–Crippen MR) is 76.3 cm³/mol. The number of ether oxygens (including phenoxy) is 2. The minimum Gasteiger partial charge on any atom is -0.484 e. The van der Waals surface area contributed by atoms with Crippen LogP contribution in [0.15, 0.2) is 18.2 Å². The average Bonchev–Trinajstić information content (AvgIpc) is 2.16. The second-order valence-electron chi connectivity index (χ2n) is 6.46. The first-order valence-electron chi connectivity index (χ1n) is 6.41. The molecule has 1 aromatic carbocycles. The molecule has 0 heterocycles. The summed E-state index contributed by atoms with van der Waals surface area (Å²) in [4.78, 5) is 0. The largest absolute Gasteiger partial charge is 0.484 e. The first-order chi connectivity index (χ1) is 8.11. The van der Waals surface area contributed by atoms with Crippen molar-refractivity contribution in [2.45, 2.75) is 59.2 Å². The molecule has 0 aromatic heterocycles. The van der Waals surface area contributed by atoms with Crippen LogP contribution in [0.1, 0.15) is 47.1 Å². The van der Waals surface area contributed by atoms with Gasteiger partial charge in [-0.1, -0.05) is 6.07 Å². The topological polar surface area (TPSA) is 18.5 Å². The molecule has 0 saturated heterocycles. The van der Waals surface area contributed by atoms with Crippen LogP contribution in [0.25, 0.3) is 0 Å². The van der Waals surface area contributed by atoms with Gasteiger partial charge in [-0.2, -0.15) is 0 Å². The SMILES string of the molecule is [CH2]Cc1ccc(OC(C)(C)C)c(OC(C)(C)C)c1. The van der Waals surface area contributed by atoms with Crippen LogP contribution in [0.3, 0.4) is 0 Å². The van der Waals surface area contributed by atoms with Gasteiger partial charge in [-0.15, -0.1) is 0 Å². The Balaban J connectivity index is 3.08. The second-order valence-corrected chi connectivity index (χ2v) is 6.46. The van der Waals surface area contributed by atoms with Crippen molar-refractivity contribution < 1.29 is 9.47 Å². The molecule has 2 heteroatoms. The van der Waals surface area contributed by atoms with Gasteiger partial charge in [0.25, 0.3) is 0 Å². The van der Waals surface area contributed by atoms with E-state index >= 15 is 0 Å². The molecule has 0 N–H and O–H groups in total. The summed E-state index contributed by atoms with van der Waals surface area (Å²) in [7, 11) is 0. The van der Waals surface area contributed by atoms with Gasteiger partial charge in [0.1, 0.15) is 11.2 Å². The van der Waals surface area contributed by atoms with E-state index in [1.165, 1.54) is 0 Å². The summed E-state index contributed by atoms with van der Waals surface area (Å²) >= 11 is 0. The normalized spacial score (nSPS) is 12.4. The van der Waals surface area contributed by atoms with Crippen molar-refractivity contribution in [2.75, 3.05) is 0 Å². The third-order valence-corrected chi connectivity index (χ3v) is 2.13. The Morgan fingerprint density at radius 3 is 1.83 bits per heavy atom. The highest BCUT2D eigenvalue weighted by Crippen LogP contribution is 2.33. The van der Waals surface area contributed by atoms with Gasteiger partial charge in [-0.3, -0.25) is 0 Å². The highest BCUT2D eigenvalue weighted by molar-refractivity contribution is 5.43. The molecule has 0 aliphatic carbocycles. The summed E-state index contributed by atoms with van der Waals surface area (Å²) in [6, 6.07) is 6.01. The molecule has 0 bridgehead atoms. The molecule has 1 rings (SSSR count). The summed E-state index contributed by atoms with van der Waals surface area (Å²) in [6.45, 7) is 16.1. The number of hydrogen-bond acceptors (Lipinski definition) is 2. The number of benzene rings is 1. The van der Waals surface area contributed by atoms with Crippen molar-refractivity contribution in [3.05, 3.63) is 30.7 Å². The first-order valence-corrected chi connectivity index (χ1v) is 6.41. The van der Waals surface area contributed by atoms with Crippen molar-refractivity contribution in [1.29, 1.82) is 0 Å². The van der Waals surface area contributed by atoms with Gasteiger partial charge in [0.05, 0.1) is 0 Å². The minimum atomic E-state index is -0.240. The zero-order chi connectivity index (χ0) is 14.0. The van der Waals surface area contributed by atoms with Crippen LogP contribution >= 0.6 is 0 Å². The molecule has 0 saturated carbocycles. The Hall–Kier alpha value is -1.18. The van der Waals surface area contributed by atoms with Crippen LogP contribution in [0.5, 0.6) is 11.5 Å². The van der Waals surface area contributed by atoms with Gasteiger partial charge in [-0.25, -0.2) is 0 Å². The highest BCUT2D eigenvalue weighted by atomic mass is 16.5. The Labute approximate surface area is 111 Å². The van der Waals surface area contributed by atoms with Crippen molar-refractivity contribution in [3.8, 4) is 11.5 Å². The average molecular weight is 249 g/mol. The molecular formula is C16H25O2. The number of rotatable bonds is 3. The zero-order valence-corrected chi connectivity index (χ0v) is 12.5. The van der Waals surface area contributed by atoms with Gasteiger partial charge in [-0.05, 0) is 72.6 Å². The van der Waals surface area contributed by atoms with Crippen molar-refractivity contribution in [2.24, 2.45) is 0 Å². The first kappa shape index (κ1) is 14.9. The lowest BCUT2D eigenvalue weighted by Gasteiger charge is -2.27. The summed E-state index contributed by atoms with van der Waals surface area (Å²) in [5.41, 5.74) is 0.674. The molecule has 1 aromatic rings. The van der Waals surface area contributed by atoms with Gasteiger partial charge in [0, 0.05) is 0 Å². The van der Waals surface area contributed by atoms with Gasteiger partial charge in [0.15, 0.2) is 11.5 Å². The van der Waals surface area contributed by atoms with Crippen molar-refractivity contribution in [1.82, 2.24) is 0 Å². The Morgan fingerprint density at radius 1 is 0.889 bits per heavy atom. The van der Waals surface area contributed by atoms with Crippen LogP contribution in [0.2, 0.25) is 0 Å². The van der Waals surface area contributed by atoms with Gasteiger partial charge >= 0.3 is 0 Å². The van der Waals surface area contributed by atoms with Crippen molar-refractivity contribution >= 4 is 0 Å². The highest BCUT2D eigenvalue weighted by Gasteiger charge is 2.19. The lowest BCUT2D eigenvalue weighted by Crippen LogP contribution is -2.26. The molecule has 0 spiro atoms. The van der Waals surface area contributed by atoms with E-state index in [0.717, 1.165) is 23.5 Å². The quantitative estimate of drug-likeness (QED) is 0.789. The Bertz CT molecular complexity index is 395.